The van der Waals surface area contributed by atoms with Crippen LogP contribution in [0.15, 0.2) is 36.4 Å². The highest BCUT2D eigenvalue weighted by Gasteiger charge is 2.07. The molecule has 0 atom stereocenters. The first-order valence-electron chi connectivity index (χ1n) is 6.04. The van der Waals surface area contributed by atoms with Crippen molar-refractivity contribution in [2.45, 2.75) is 6.54 Å². The molecular weight excluding hydrogens is 281 g/mol. The van der Waals surface area contributed by atoms with Crippen LogP contribution >= 0.6 is 11.6 Å². The maximum Gasteiger partial charge on any atom is 0.129 e. The standard InChI is InChI=1S/C15H15ClFNO2/c1-19-11-6-10(7-12(8-11)20-2)18-9-13-14(16)4-3-5-15(13)17/h3-8,18H,9H2,1-2H3. The second-order valence-corrected chi connectivity index (χ2v) is 4.56. The lowest BCUT2D eigenvalue weighted by atomic mass is 10.2. The van der Waals surface area contributed by atoms with E-state index in [0.717, 1.165) is 5.69 Å². The topological polar surface area (TPSA) is 30.5 Å². The summed E-state index contributed by atoms with van der Waals surface area (Å²) >= 11 is 5.98. The zero-order valence-electron chi connectivity index (χ0n) is 11.2. The zero-order valence-corrected chi connectivity index (χ0v) is 12.0. The number of rotatable bonds is 5. The zero-order chi connectivity index (χ0) is 14.5. The van der Waals surface area contributed by atoms with E-state index in [4.69, 9.17) is 21.1 Å². The van der Waals surface area contributed by atoms with Crippen molar-refractivity contribution in [1.29, 1.82) is 0 Å². The van der Waals surface area contributed by atoms with Crippen molar-refractivity contribution in [1.82, 2.24) is 0 Å². The molecule has 5 heteroatoms. The van der Waals surface area contributed by atoms with Gasteiger partial charge in [0, 0.05) is 41.0 Å². The number of methoxy groups -OCH3 is 2. The SMILES string of the molecule is COc1cc(NCc2c(F)cccc2Cl)cc(OC)c1. The van der Waals surface area contributed by atoms with Crippen molar-refractivity contribution < 1.29 is 13.9 Å². The lowest BCUT2D eigenvalue weighted by Crippen LogP contribution is -2.03. The minimum absolute atomic E-state index is 0.280. The minimum atomic E-state index is -0.333. The van der Waals surface area contributed by atoms with Crippen LogP contribution in [0.4, 0.5) is 10.1 Å². The lowest BCUT2D eigenvalue weighted by Gasteiger charge is -2.12. The van der Waals surface area contributed by atoms with Crippen molar-refractivity contribution >= 4 is 17.3 Å². The Labute approximate surface area is 122 Å². The van der Waals surface area contributed by atoms with Crippen LogP contribution in [0.3, 0.4) is 0 Å². The van der Waals surface area contributed by atoms with E-state index in [-0.39, 0.29) is 12.4 Å². The number of nitrogens with one attached hydrogen (secondary N) is 1. The highest BCUT2D eigenvalue weighted by molar-refractivity contribution is 6.31. The number of anilines is 1. The average molecular weight is 296 g/mol. The summed E-state index contributed by atoms with van der Waals surface area (Å²) in [6.45, 7) is 0.280. The number of hydrogen-bond acceptors (Lipinski definition) is 3. The van der Waals surface area contributed by atoms with Gasteiger partial charge in [0.2, 0.25) is 0 Å². The summed E-state index contributed by atoms with van der Waals surface area (Å²) in [4.78, 5) is 0. The second-order valence-electron chi connectivity index (χ2n) is 4.16. The molecule has 20 heavy (non-hydrogen) atoms. The van der Waals surface area contributed by atoms with E-state index in [2.05, 4.69) is 5.32 Å². The molecule has 0 unspecified atom stereocenters. The van der Waals surface area contributed by atoms with Gasteiger partial charge in [0.1, 0.15) is 17.3 Å². The highest BCUT2D eigenvalue weighted by atomic mass is 35.5. The molecule has 0 radical (unpaired) electrons. The van der Waals surface area contributed by atoms with Gasteiger partial charge in [-0.15, -0.1) is 0 Å². The Morgan fingerprint density at radius 1 is 1.10 bits per heavy atom. The maximum atomic E-state index is 13.7. The number of hydrogen-bond donors (Lipinski definition) is 1. The Bertz CT molecular complexity index is 562. The van der Waals surface area contributed by atoms with Crippen molar-refractivity contribution in [3.63, 3.8) is 0 Å². The molecule has 0 aliphatic carbocycles. The summed E-state index contributed by atoms with van der Waals surface area (Å²) < 4.78 is 24.0. The molecule has 0 saturated heterocycles. The molecule has 0 heterocycles. The van der Waals surface area contributed by atoms with Crippen LogP contribution in [0.5, 0.6) is 11.5 Å². The van der Waals surface area contributed by atoms with Gasteiger partial charge in [-0.05, 0) is 12.1 Å². The van der Waals surface area contributed by atoms with Crippen LogP contribution in [0.25, 0.3) is 0 Å². The van der Waals surface area contributed by atoms with Crippen LogP contribution in [0.2, 0.25) is 5.02 Å². The maximum absolute atomic E-state index is 13.7. The summed E-state index contributed by atoms with van der Waals surface area (Å²) in [5.74, 6) is 0.984. The largest absolute Gasteiger partial charge is 0.497 e. The van der Waals surface area contributed by atoms with Gasteiger partial charge in [-0.1, -0.05) is 17.7 Å². The van der Waals surface area contributed by atoms with Gasteiger partial charge in [0.15, 0.2) is 0 Å². The fourth-order valence-electron chi connectivity index (χ4n) is 1.80. The van der Waals surface area contributed by atoms with Crippen molar-refractivity contribution in [2.24, 2.45) is 0 Å². The molecule has 1 N–H and O–H groups in total. The van der Waals surface area contributed by atoms with E-state index in [9.17, 15) is 4.39 Å². The first kappa shape index (κ1) is 14.5. The molecule has 0 aliphatic heterocycles. The molecule has 0 spiro atoms. The average Bonchev–Trinajstić information content (AvgIpc) is 2.46. The summed E-state index contributed by atoms with van der Waals surface area (Å²) in [5, 5.41) is 3.50. The minimum Gasteiger partial charge on any atom is -0.497 e. The van der Waals surface area contributed by atoms with Gasteiger partial charge in [-0.3, -0.25) is 0 Å². The van der Waals surface area contributed by atoms with E-state index in [1.165, 1.54) is 6.07 Å². The van der Waals surface area contributed by atoms with Crippen LogP contribution in [-0.4, -0.2) is 14.2 Å². The van der Waals surface area contributed by atoms with Crippen LogP contribution in [0.1, 0.15) is 5.56 Å². The van der Waals surface area contributed by atoms with Gasteiger partial charge in [-0.2, -0.15) is 0 Å². The van der Waals surface area contributed by atoms with Crippen LogP contribution in [0, 0.1) is 5.82 Å². The molecule has 0 aliphatic rings. The summed E-state index contributed by atoms with van der Waals surface area (Å²) in [5.41, 5.74) is 1.19. The molecule has 0 saturated carbocycles. The predicted octanol–water partition coefficient (Wildman–Crippen LogP) is 4.11. The van der Waals surface area contributed by atoms with Gasteiger partial charge >= 0.3 is 0 Å². The Kier molecular flexibility index (Phi) is 4.69. The normalized spacial score (nSPS) is 10.2. The van der Waals surface area contributed by atoms with Crippen molar-refractivity contribution in [3.8, 4) is 11.5 Å². The quantitative estimate of drug-likeness (QED) is 0.900. The Morgan fingerprint density at radius 2 is 1.75 bits per heavy atom. The number of ether oxygens (including phenoxy) is 2. The number of benzene rings is 2. The molecular formula is C15H15ClFNO2. The third kappa shape index (κ3) is 3.33. The van der Waals surface area contributed by atoms with Crippen LogP contribution < -0.4 is 14.8 Å². The van der Waals surface area contributed by atoms with E-state index in [0.29, 0.717) is 22.1 Å². The fourth-order valence-corrected chi connectivity index (χ4v) is 2.03. The Balaban J connectivity index is 2.18. The fraction of sp³-hybridized carbons (Fsp3) is 0.200. The summed E-state index contributed by atoms with van der Waals surface area (Å²) in [6, 6.07) is 9.99. The Hall–Kier alpha value is -1.94. The van der Waals surface area contributed by atoms with Gasteiger partial charge in [0.25, 0.3) is 0 Å². The molecule has 2 rings (SSSR count). The molecule has 0 amide bonds. The molecule has 0 aromatic heterocycles. The van der Waals surface area contributed by atoms with Crippen molar-refractivity contribution in [3.05, 3.63) is 52.8 Å². The molecule has 3 nitrogen and oxygen atoms in total. The highest BCUT2D eigenvalue weighted by Crippen LogP contribution is 2.27. The van der Waals surface area contributed by atoms with Crippen LogP contribution in [-0.2, 0) is 6.54 Å². The van der Waals surface area contributed by atoms with Gasteiger partial charge < -0.3 is 14.8 Å². The first-order chi connectivity index (χ1) is 9.63. The number of halogens is 2. The van der Waals surface area contributed by atoms with E-state index in [1.807, 2.05) is 0 Å². The monoisotopic (exact) mass is 295 g/mol. The smallest absolute Gasteiger partial charge is 0.129 e. The molecule has 106 valence electrons. The third-order valence-corrected chi connectivity index (χ3v) is 3.24. The van der Waals surface area contributed by atoms with E-state index >= 15 is 0 Å². The first-order valence-corrected chi connectivity index (χ1v) is 6.41. The van der Waals surface area contributed by atoms with E-state index in [1.54, 1.807) is 44.6 Å². The molecule has 2 aromatic rings. The third-order valence-electron chi connectivity index (χ3n) is 2.88. The predicted molar refractivity (Wildman–Crippen MR) is 78.3 cm³/mol. The van der Waals surface area contributed by atoms with Gasteiger partial charge in [-0.25, -0.2) is 4.39 Å². The molecule has 2 aromatic carbocycles. The summed E-state index contributed by atoms with van der Waals surface area (Å²) in [7, 11) is 3.15. The van der Waals surface area contributed by atoms with E-state index < -0.39 is 0 Å². The molecule has 0 bridgehead atoms. The lowest BCUT2D eigenvalue weighted by molar-refractivity contribution is 0.394. The Morgan fingerprint density at radius 3 is 2.30 bits per heavy atom. The van der Waals surface area contributed by atoms with Gasteiger partial charge in [0.05, 0.1) is 14.2 Å². The summed E-state index contributed by atoms with van der Waals surface area (Å²) in [6.07, 6.45) is 0. The molecule has 0 fully saturated rings. The van der Waals surface area contributed by atoms with Crippen molar-refractivity contribution in [2.75, 3.05) is 19.5 Å². The second kappa shape index (κ2) is 6.48.